The number of anilines is 1. The molecular formula is C21H26N2O. The first-order valence-electron chi connectivity index (χ1n) is 9.01. The summed E-state index contributed by atoms with van der Waals surface area (Å²) >= 11 is 0. The van der Waals surface area contributed by atoms with Crippen LogP contribution in [0, 0.1) is 0 Å². The van der Waals surface area contributed by atoms with Gasteiger partial charge in [0.1, 0.15) is 5.75 Å². The van der Waals surface area contributed by atoms with E-state index in [1.807, 2.05) is 0 Å². The van der Waals surface area contributed by atoms with Crippen molar-refractivity contribution in [2.75, 3.05) is 25.5 Å². The summed E-state index contributed by atoms with van der Waals surface area (Å²) in [6, 6.07) is 18.3. The van der Waals surface area contributed by atoms with Gasteiger partial charge >= 0.3 is 0 Å². The Balaban J connectivity index is 1.75. The third-order valence-corrected chi connectivity index (χ3v) is 5.57. The lowest BCUT2D eigenvalue weighted by molar-refractivity contribution is 0.206. The maximum Gasteiger partial charge on any atom is 0.118 e. The highest BCUT2D eigenvalue weighted by atomic mass is 16.5. The van der Waals surface area contributed by atoms with Crippen LogP contribution in [0.2, 0.25) is 0 Å². The lowest BCUT2D eigenvalue weighted by Crippen LogP contribution is -2.34. The molecule has 3 unspecified atom stereocenters. The van der Waals surface area contributed by atoms with E-state index in [-0.39, 0.29) is 0 Å². The minimum Gasteiger partial charge on any atom is -0.497 e. The summed E-state index contributed by atoms with van der Waals surface area (Å²) in [7, 11) is 1.73. The fourth-order valence-corrected chi connectivity index (χ4v) is 4.43. The van der Waals surface area contributed by atoms with E-state index >= 15 is 0 Å². The van der Waals surface area contributed by atoms with Gasteiger partial charge in [-0.25, -0.2) is 0 Å². The number of para-hydroxylation sites is 1. The summed E-state index contributed by atoms with van der Waals surface area (Å²) < 4.78 is 5.35. The highest BCUT2D eigenvalue weighted by Gasteiger charge is 2.39. The van der Waals surface area contributed by atoms with Crippen LogP contribution < -0.4 is 10.1 Å². The van der Waals surface area contributed by atoms with E-state index in [1.54, 1.807) is 7.11 Å². The van der Waals surface area contributed by atoms with Gasteiger partial charge in [0.05, 0.1) is 7.11 Å². The van der Waals surface area contributed by atoms with Crippen LogP contribution in [0.3, 0.4) is 0 Å². The Bertz CT molecular complexity index is 691. The molecule has 0 radical (unpaired) electrons. The molecule has 2 aliphatic rings. The Morgan fingerprint density at radius 1 is 1.04 bits per heavy atom. The Morgan fingerprint density at radius 2 is 1.75 bits per heavy atom. The Labute approximate surface area is 144 Å². The first kappa shape index (κ1) is 15.5. The van der Waals surface area contributed by atoms with E-state index in [9.17, 15) is 0 Å². The van der Waals surface area contributed by atoms with Crippen LogP contribution in [-0.4, -0.2) is 31.1 Å². The molecule has 3 atom stereocenters. The molecule has 2 aromatic rings. The monoisotopic (exact) mass is 322 g/mol. The van der Waals surface area contributed by atoms with E-state index in [4.69, 9.17) is 4.74 Å². The average Bonchev–Trinajstić information content (AvgIpc) is 3.25. The summed E-state index contributed by atoms with van der Waals surface area (Å²) in [5.41, 5.74) is 4.15. The second-order valence-corrected chi connectivity index (χ2v) is 7.01. The maximum atomic E-state index is 5.35. The van der Waals surface area contributed by atoms with E-state index in [0.717, 1.165) is 5.75 Å². The first-order chi connectivity index (χ1) is 11.8. The van der Waals surface area contributed by atoms with E-state index in [2.05, 4.69) is 65.7 Å². The fourth-order valence-electron chi connectivity index (χ4n) is 4.43. The van der Waals surface area contributed by atoms with Crippen molar-refractivity contribution in [2.24, 2.45) is 0 Å². The molecule has 126 valence electrons. The number of fused-ring (bicyclic) bond motifs is 1. The summed E-state index contributed by atoms with van der Waals surface area (Å²) in [4.78, 5) is 2.67. The smallest absolute Gasteiger partial charge is 0.118 e. The van der Waals surface area contributed by atoms with Crippen molar-refractivity contribution in [3.63, 3.8) is 0 Å². The molecule has 0 spiro atoms. The molecule has 4 rings (SSSR count). The Morgan fingerprint density at radius 3 is 2.46 bits per heavy atom. The number of benzene rings is 2. The van der Waals surface area contributed by atoms with Gasteiger partial charge in [-0.15, -0.1) is 0 Å². The van der Waals surface area contributed by atoms with Crippen molar-refractivity contribution < 1.29 is 4.74 Å². The number of methoxy groups -OCH3 is 1. The first-order valence-corrected chi connectivity index (χ1v) is 9.01. The summed E-state index contributed by atoms with van der Waals surface area (Å²) in [5.74, 6) is 1.41. The highest BCUT2D eigenvalue weighted by molar-refractivity contribution is 5.60. The number of nitrogens with one attached hydrogen (secondary N) is 1. The van der Waals surface area contributed by atoms with Gasteiger partial charge in [-0.3, -0.25) is 4.90 Å². The van der Waals surface area contributed by atoms with Gasteiger partial charge < -0.3 is 10.1 Å². The number of ether oxygens (including phenoxy) is 1. The van der Waals surface area contributed by atoms with Crippen molar-refractivity contribution in [2.45, 2.75) is 37.8 Å². The van der Waals surface area contributed by atoms with Crippen molar-refractivity contribution in [1.82, 2.24) is 4.90 Å². The summed E-state index contributed by atoms with van der Waals surface area (Å²) in [6.45, 7) is 4.71. The number of hydrogen-bond acceptors (Lipinski definition) is 3. The van der Waals surface area contributed by atoms with Crippen LogP contribution >= 0.6 is 0 Å². The third-order valence-electron chi connectivity index (χ3n) is 5.57. The predicted octanol–water partition coefficient (Wildman–Crippen LogP) is 4.43. The lowest BCUT2D eigenvalue weighted by Gasteiger charge is -2.35. The van der Waals surface area contributed by atoms with Gasteiger partial charge in [0, 0.05) is 23.7 Å². The minimum absolute atomic E-state index is 0.421. The normalized spacial score (nSPS) is 24.4. The summed E-state index contributed by atoms with van der Waals surface area (Å²) in [5, 5.41) is 3.69. The fraction of sp³-hybridized carbons (Fsp3) is 0.429. The van der Waals surface area contributed by atoms with Crippen LogP contribution in [0.25, 0.3) is 0 Å². The molecule has 2 aliphatic heterocycles. The number of likely N-dealkylation sites (tertiary alicyclic amines) is 1. The van der Waals surface area contributed by atoms with Crippen LogP contribution in [0.4, 0.5) is 5.69 Å². The highest BCUT2D eigenvalue weighted by Crippen LogP contribution is 2.47. The second kappa shape index (κ2) is 6.48. The van der Waals surface area contributed by atoms with Gasteiger partial charge in [0.15, 0.2) is 0 Å². The standard InChI is InChI=1S/C21H26N2O/c1-15-20(18-7-3-4-8-19(18)22-15)21(23-13-5-6-14-23)16-9-11-17(24-2)12-10-16/h3-4,7-12,15,20-22H,5-6,13-14H2,1-2H3. The molecule has 0 amide bonds. The zero-order chi connectivity index (χ0) is 16.5. The molecule has 3 heteroatoms. The van der Waals surface area contributed by atoms with Crippen LogP contribution in [-0.2, 0) is 0 Å². The largest absolute Gasteiger partial charge is 0.497 e. The van der Waals surface area contributed by atoms with Crippen molar-refractivity contribution >= 4 is 5.69 Å². The third kappa shape index (κ3) is 2.67. The van der Waals surface area contributed by atoms with Gasteiger partial charge in [0.25, 0.3) is 0 Å². The molecule has 1 fully saturated rings. The Kier molecular flexibility index (Phi) is 4.19. The topological polar surface area (TPSA) is 24.5 Å². The van der Waals surface area contributed by atoms with Crippen LogP contribution in [0.15, 0.2) is 48.5 Å². The van der Waals surface area contributed by atoms with Crippen molar-refractivity contribution in [3.8, 4) is 5.75 Å². The molecule has 24 heavy (non-hydrogen) atoms. The van der Waals surface area contributed by atoms with Gasteiger partial charge in [-0.05, 0) is 62.2 Å². The molecule has 1 saturated heterocycles. The SMILES string of the molecule is COc1ccc(C(C2c3ccccc3NC2C)N2CCCC2)cc1. The quantitative estimate of drug-likeness (QED) is 0.901. The van der Waals surface area contributed by atoms with Crippen molar-refractivity contribution in [3.05, 3.63) is 59.7 Å². The van der Waals surface area contributed by atoms with Crippen molar-refractivity contribution in [1.29, 1.82) is 0 Å². The average molecular weight is 322 g/mol. The molecule has 2 heterocycles. The molecular weight excluding hydrogens is 296 g/mol. The zero-order valence-corrected chi connectivity index (χ0v) is 14.5. The van der Waals surface area contributed by atoms with Gasteiger partial charge in [-0.2, -0.15) is 0 Å². The van der Waals surface area contributed by atoms with Crippen LogP contribution in [0.5, 0.6) is 5.75 Å². The number of rotatable bonds is 4. The maximum absolute atomic E-state index is 5.35. The minimum atomic E-state index is 0.421. The molecule has 0 bridgehead atoms. The van der Waals surface area contributed by atoms with Gasteiger partial charge in [-0.1, -0.05) is 30.3 Å². The van der Waals surface area contributed by atoms with Crippen LogP contribution in [0.1, 0.15) is 42.9 Å². The summed E-state index contributed by atoms with van der Waals surface area (Å²) in [6.07, 6.45) is 2.62. The van der Waals surface area contributed by atoms with E-state index in [0.29, 0.717) is 18.0 Å². The molecule has 3 nitrogen and oxygen atoms in total. The predicted molar refractivity (Wildman–Crippen MR) is 98.8 cm³/mol. The Hall–Kier alpha value is -2.00. The second-order valence-electron chi connectivity index (χ2n) is 7.01. The molecule has 0 saturated carbocycles. The number of hydrogen-bond donors (Lipinski definition) is 1. The lowest BCUT2D eigenvalue weighted by atomic mass is 9.83. The molecule has 2 aromatic carbocycles. The molecule has 0 aliphatic carbocycles. The van der Waals surface area contributed by atoms with Gasteiger partial charge in [0.2, 0.25) is 0 Å². The zero-order valence-electron chi connectivity index (χ0n) is 14.5. The number of nitrogens with zero attached hydrogens (tertiary/aromatic N) is 1. The van der Waals surface area contributed by atoms with E-state index < -0.39 is 0 Å². The van der Waals surface area contributed by atoms with E-state index in [1.165, 1.54) is 42.7 Å². The molecule has 0 aromatic heterocycles. The molecule has 1 N–H and O–H groups in total.